The van der Waals surface area contributed by atoms with Crippen molar-refractivity contribution in [3.63, 3.8) is 0 Å². The minimum atomic E-state index is -0.336. The van der Waals surface area contributed by atoms with Crippen LogP contribution < -0.4 is 14.8 Å². The summed E-state index contributed by atoms with van der Waals surface area (Å²) in [6, 6.07) is 15.8. The molecule has 3 aromatic rings. The first kappa shape index (κ1) is 18.3. The van der Waals surface area contributed by atoms with Gasteiger partial charge in [0, 0.05) is 17.8 Å². The molecule has 2 aromatic carbocycles. The summed E-state index contributed by atoms with van der Waals surface area (Å²) in [5.41, 5.74) is 1.55. The van der Waals surface area contributed by atoms with Gasteiger partial charge in [0.05, 0.1) is 25.4 Å². The summed E-state index contributed by atoms with van der Waals surface area (Å²) >= 11 is 0. The molecule has 0 spiro atoms. The first-order valence-corrected chi connectivity index (χ1v) is 9.60. The molecule has 0 radical (unpaired) electrons. The molecule has 28 heavy (non-hydrogen) atoms. The molecule has 1 aliphatic rings. The second-order valence-corrected chi connectivity index (χ2v) is 7.12. The summed E-state index contributed by atoms with van der Waals surface area (Å²) in [5, 5.41) is 16.5. The molecule has 1 saturated carbocycles. The Balaban J connectivity index is 1.75. The highest BCUT2D eigenvalue weighted by Gasteiger charge is 2.39. The maximum atomic E-state index is 5.39. The normalized spacial score (nSPS) is 15.8. The number of ether oxygens (including phenoxy) is 2. The third kappa shape index (κ3) is 3.52. The van der Waals surface area contributed by atoms with Crippen LogP contribution in [-0.2, 0) is 5.54 Å². The zero-order valence-electron chi connectivity index (χ0n) is 16.3. The highest BCUT2D eigenvalue weighted by atomic mass is 16.5. The highest BCUT2D eigenvalue weighted by molar-refractivity contribution is 5.51. The van der Waals surface area contributed by atoms with Crippen molar-refractivity contribution in [2.45, 2.75) is 37.6 Å². The van der Waals surface area contributed by atoms with Gasteiger partial charge in [-0.25, -0.2) is 0 Å². The largest absolute Gasteiger partial charge is 0.497 e. The molecular weight excluding hydrogens is 354 g/mol. The smallest absolute Gasteiger partial charge is 0.181 e. The topological polar surface area (TPSA) is 74.1 Å². The number of tetrazole rings is 1. The van der Waals surface area contributed by atoms with Crippen LogP contribution in [0.4, 0.5) is 5.69 Å². The Kier molecular flexibility index (Phi) is 5.14. The van der Waals surface area contributed by atoms with Gasteiger partial charge in [-0.2, -0.15) is 4.68 Å². The van der Waals surface area contributed by atoms with E-state index in [2.05, 4.69) is 26.9 Å². The molecular formula is C21H25N5O2. The first-order valence-electron chi connectivity index (χ1n) is 9.60. The number of rotatable bonds is 6. The van der Waals surface area contributed by atoms with Crippen molar-refractivity contribution >= 4 is 5.69 Å². The van der Waals surface area contributed by atoms with Gasteiger partial charge < -0.3 is 14.8 Å². The van der Waals surface area contributed by atoms with Crippen molar-refractivity contribution in [3.05, 3.63) is 54.4 Å². The number of nitrogens with one attached hydrogen (secondary N) is 1. The van der Waals surface area contributed by atoms with Crippen LogP contribution in [-0.4, -0.2) is 34.4 Å². The second-order valence-electron chi connectivity index (χ2n) is 7.12. The van der Waals surface area contributed by atoms with E-state index in [9.17, 15) is 0 Å². The zero-order chi connectivity index (χ0) is 19.4. The van der Waals surface area contributed by atoms with Crippen LogP contribution in [0.2, 0.25) is 0 Å². The Morgan fingerprint density at radius 3 is 2.39 bits per heavy atom. The first-order chi connectivity index (χ1) is 13.7. The number of hydrogen-bond acceptors (Lipinski definition) is 6. The number of benzene rings is 2. The number of nitrogens with zero attached hydrogens (tertiary/aromatic N) is 4. The Bertz CT molecular complexity index is 934. The molecule has 0 amide bonds. The van der Waals surface area contributed by atoms with Crippen LogP contribution in [0.3, 0.4) is 0 Å². The Morgan fingerprint density at radius 1 is 0.929 bits per heavy atom. The van der Waals surface area contributed by atoms with E-state index in [-0.39, 0.29) is 5.54 Å². The zero-order valence-corrected chi connectivity index (χ0v) is 16.3. The molecule has 0 bridgehead atoms. The molecule has 1 fully saturated rings. The SMILES string of the molecule is COc1cccc(NC2(c3nnnn3-c3cccc(OC)c3)CCCCC2)c1. The fraction of sp³-hybridized carbons (Fsp3) is 0.381. The molecule has 0 saturated heterocycles. The number of methoxy groups -OCH3 is 2. The average molecular weight is 379 g/mol. The fourth-order valence-electron chi connectivity index (χ4n) is 3.94. The minimum absolute atomic E-state index is 0.336. The Morgan fingerprint density at radius 2 is 1.64 bits per heavy atom. The van der Waals surface area contributed by atoms with Gasteiger partial charge in [-0.1, -0.05) is 31.4 Å². The maximum Gasteiger partial charge on any atom is 0.181 e. The van der Waals surface area contributed by atoms with Crippen LogP contribution in [0, 0.1) is 0 Å². The van der Waals surface area contributed by atoms with E-state index >= 15 is 0 Å². The number of hydrogen-bond donors (Lipinski definition) is 1. The summed E-state index contributed by atoms with van der Waals surface area (Å²) < 4.78 is 12.6. The summed E-state index contributed by atoms with van der Waals surface area (Å²) in [6.07, 6.45) is 5.41. The van der Waals surface area contributed by atoms with Crippen LogP contribution in [0.5, 0.6) is 11.5 Å². The summed E-state index contributed by atoms with van der Waals surface area (Å²) in [4.78, 5) is 0. The van der Waals surface area contributed by atoms with Gasteiger partial charge in [0.1, 0.15) is 11.5 Å². The number of aromatic nitrogens is 4. The minimum Gasteiger partial charge on any atom is -0.497 e. The molecule has 1 N–H and O–H groups in total. The lowest BCUT2D eigenvalue weighted by atomic mass is 9.80. The van der Waals surface area contributed by atoms with Gasteiger partial charge >= 0.3 is 0 Å². The molecule has 7 heteroatoms. The van der Waals surface area contributed by atoms with Crippen LogP contribution in [0.25, 0.3) is 5.69 Å². The molecule has 4 rings (SSSR count). The Labute approximate surface area is 164 Å². The molecule has 0 atom stereocenters. The molecule has 1 heterocycles. The molecule has 1 aliphatic carbocycles. The molecule has 0 aliphatic heterocycles. The van der Waals surface area contributed by atoms with E-state index in [1.165, 1.54) is 6.42 Å². The van der Waals surface area contributed by atoms with Gasteiger partial charge in [-0.15, -0.1) is 5.10 Å². The van der Waals surface area contributed by atoms with E-state index in [0.717, 1.165) is 54.4 Å². The predicted octanol–water partition coefficient (Wildman–Crippen LogP) is 3.95. The standard InChI is InChI=1S/C21H25N5O2/c1-27-18-10-6-8-16(14-18)22-21(12-4-3-5-13-21)20-23-24-25-26(20)17-9-7-11-19(15-17)28-2/h6-11,14-15,22H,3-5,12-13H2,1-2H3. The van der Waals surface area contributed by atoms with Crippen LogP contribution >= 0.6 is 0 Å². The molecule has 146 valence electrons. The van der Waals surface area contributed by atoms with Crippen LogP contribution in [0.15, 0.2) is 48.5 Å². The molecule has 7 nitrogen and oxygen atoms in total. The number of anilines is 1. The lowest BCUT2D eigenvalue weighted by Gasteiger charge is -2.37. The van der Waals surface area contributed by atoms with Crippen molar-refractivity contribution in [3.8, 4) is 17.2 Å². The van der Waals surface area contributed by atoms with E-state index in [4.69, 9.17) is 9.47 Å². The summed E-state index contributed by atoms with van der Waals surface area (Å²) in [6.45, 7) is 0. The van der Waals surface area contributed by atoms with Crippen molar-refractivity contribution < 1.29 is 9.47 Å². The van der Waals surface area contributed by atoms with E-state index in [1.54, 1.807) is 14.2 Å². The summed E-state index contributed by atoms with van der Waals surface area (Å²) in [5.74, 6) is 2.42. The van der Waals surface area contributed by atoms with E-state index in [1.807, 2.05) is 47.1 Å². The van der Waals surface area contributed by atoms with Gasteiger partial charge in [0.2, 0.25) is 0 Å². The van der Waals surface area contributed by atoms with Crippen molar-refractivity contribution in [1.82, 2.24) is 20.2 Å². The molecule has 1 aromatic heterocycles. The molecule has 0 unspecified atom stereocenters. The highest BCUT2D eigenvalue weighted by Crippen LogP contribution is 2.40. The van der Waals surface area contributed by atoms with Crippen LogP contribution in [0.1, 0.15) is 37.9 Å². The Hall–Kier alpha value is -3.09. The van der Waals surface area contributed by atoms with Crippen molar-refractivity contribution in [2.75, 3.05) is 19.5 Å². The third-order valence-corrected chi connectivity index (χ3v) is 5.36. The predicted molar refractivity (Wildman–Crippen MR) is 107 cm³/mol. The summed E-state index contributed by atoms with van der Waals surface area (Å²) in [7, 11) is 3.34. The van der Waals surface area contributed by atoms with Crippen molar-refractivity contribution in [1.29, 1.82) is 0 Å². The van der Waals surface area contributed by atoms with Crippen molar-refractivity contribution in [2.24, 2.45) is 0 Å². The lowest BCUT2D eigenvalue weighted by Crippen LogP contribution is -2.40. The monoisotopic (exact) mass is 379 g/mol. The lowest BCUT2D eigenvalue weighted by molar-refractivity contribution is 0.309. The third-order valence-electron chi connectivity index (χ3n) is 5.36. The fourth-order valence-corrected chi connectivity index (χ4v) is 3.94. The maximum absolute atomic E-state index is 5.39. The average Bonchev–Trinajstić information content (AvgIpc) is 3.25. The second kappa shape index (κ2) is 7.88. The van der Waals surface area contributed by atoms with E-state index in [0.29, 0.717) is 0 Å². The van der Waals surface area contributed by atoms with Gasteiger partial charge in [0.25, 0.3) is 0 Å². The van der Waals surface area contributed by atoms with Gasteiger partial charge in [0.15, 0.2) is 5.82 Å². The quantitative estimate of drug-likeness (QED) is 0.699. The van der Waals surface area contributed by atoms with Gasteiger partial charge in [-0.3, -0.25) is 0 Å². The van der Waals surface area contributed by atoms with E-state index < -0.39 is 0 Å². The van der Waals surface area contributed by atoms with Gasteiger partial charge in [-0.05, 0) is 47.5 Å².